The number of rotatable bonds is 6. The molecule has 2 amide bonds. The van der Waals surface area contributed by atoms with Gasteiger partial charge in [-0.2, -0.15) is 13.2 Å². The molecule has 1 heterocycles. The lowest BCUT2D eigenvalue weighted by atomic mass is 10.1. The Morgan fingerprint density at radius 3 is 2.72 bits per heavy atom. The van der Waals surface area contributed by atoms with Crippen LogP contribution in [0.3, 0.4) is 0 Å². The summed E-state index contributed by atoms with van der Waals surface area (Å²) in [7, 11) is 0. The van der Waals surface area contributed by atoms with Gasteiger partial charge >= 0.3 is 6.18 Å². The van der Waals surface area contributed by atoms with Gasteiger partial charge in [-0.1, -0.05) is 31.4 Å². The molecule has 1 fully saturated rings. The van der Waals surface area contributed by atoms with Crippen molar-refractivity contribution in [1.29, 1.82) is 0 Å². The van der Waals surface area contributed by atoms with E-state index in [0.717, 1.165) is 37.5 Å². The second-order valence-corrected chi connectivity index (χ2v) is 6.54. The van der Waals surface area contributed by atoms with E-state index in [4.69, 9.17) is 11.6 Å². The van der Waals surface area contributed by atoms with Crippen molar-refractivity contribution in [3.05, 3.63) is 28.8 Å². The van der Waals surface area contributed by atoms with Crippen molar-refractivity contribution < 1.29 is 22.8 Å². The highest BCUT2D eigenvalue weighted by molar-refractivity contribution is 6.33. The summed E-state index contributed by atoms with van der Waals surface area (Å²) in [6, 6.07) is 2.75. The van der Waals surface area contributed by atoms with E-state index in [1.54, 1.807) is 4.90 Å². The molecule has 1 atom stereocenters. The van der Waals surface area contributed by atoms with E-state index >= 15 is 0 Å². The topological polar surface area (TPSA) is 49.4 Å². The molecule has 0 bridgehead atoms. The van der Waals surface area contributed by atoms with Crippen LogP contribution in [0.25, 0.3) is 0 Å². The van der Waals surface area contributed by atoms with Crippen LogP contribution >= 0.6 is 11.6 Å². The van der Waals surface area contributed by atoms with Gasteiger partial charge in [0, 0.05) is 19.5 Å². The fourth-order valence-electron chi connectivity index (χ4n) is 2.75. The van der Waals surface area contributed by atoms with Gasteiger partial charge in [-0.15, -0.1) is 0 Å². The van der Waals surface area contributed by atoms with Gasteiger partial charge in [0.2, 0.25) is 11.8 Å². The molecule has 1 aromatic carbocycles. The number of likely N-dealkylation sites (tertiary alicyclic amines) is 1. The molecule has 4 nitrogen and oxygen atoms in total. The largest absolute Gasteiger partial charge is 0.416 e. The second-order valence-electron chi connectivity index (χ2n) is 6.13. The van der Waals surface area contributed by atoms with Gasteiger partial charge in [0.1, 0.15) is 0 Å². The molecule has 0 spiro atoms. The van der Waals surface area contributed by atoms with Gasteiger partial charge in [0.25, 0.3) is 0 Å². The van der Waals surface area contributed by atoms with Gasteiger partial charge in [-0.3, -0.25) is 9.59 Å². The summed E-state index contributed by atoms with van der Waals surface area (Å²) in [5.74, 6) is -1.18. The van der Waals surface area contributed by atoms with Gasteiger partial charge in [0.15, 0.2) is 0 Å². The first-order chi connectivity index (χ1) is 11.7. The smallest absolute Gasteiger partial charge is 0.342 e. The molecular weight excluding hydrogens is 357 g/mol. The normalized spacial score (nSPS) is 17.9. The third-order valence-electron chi connectivity index (χ3n) is 4.17. The third kappa shape index (κ3) is 5.11. The zero-order chi connectivity index (χ0) is 18.6. The zero-order valence-electron chi connectivity index (χ0n) is 13.8. The Bertz CT molecular complexity index is 649. The lowest BCUT2D eigenvalue weighted by Crippen LogP contribution is -2.29. The van der Waals surface area contributed by atoms with Gasteiger partial charge in [-0.05, 0) is 24.6 Å². The van der Waals surface area contributed by atoms with Gasteiger partial charge in [-0.25, -0.2) is 0 Å². The molecule has 1 saturated heterocycles. The molecule has 8 heteroatoms. The Balaban J connectivity index is 2.02. The van der Waals surface area contributed by atoms with Crippen molar-refractivity contribution in [3.63, 3.8) is 0 Å². The number of nitrogens with one attached hydrogen (secondary N) is 1. The number of carbonyl (C=O) groups excluding carboxylic acids is 2. The number of hydrogen-bond acceptors (Lipinski definition) is 2. The van der Waals surface area contributed by atoms with E-state index in [-0.39, 0.29) is 29.6 Å². The van der Waals surface area contributed by atoms with Crippen LogP contribution in [0.4, 0.5) is 18.9 Å². The zero-order valence-corrected chi connectivity index (χ0v) is 14.6. The number of unbranched alkanes of at least 4 members (excludes halogenated alkanes) is 2. The Morgan fingerprint density at radius 1 is 1.36 bits per heavy atom. The Labute approximate surface area is 149 Å². The second kappa shape index (κ2) is 8.08. The van der Waals surface area contributed by atoms with Crippen molar-refractivity contribution in [2.75, 3.05) is 18.4 Å². The summed E-state index contributed by atoms with van der Waals surface area (Å²) in [4.78, 5) is 25.9. The van der Waals surface area contributed by atoms with Crippen molar-refractivity contribution in [1.82, 2.24) is 4.90 Å². The first kappa shape index (κ1) is 19.6. The Kier molecular flexibility index (Phi) is 6.32. The standard InChI is InChI=1S/C17H20ClF3N2O2/c1-2-3-4-7-23-10-11(8-15(23)24)16(25)22-14-9-12(17(19,20)21)5-6-13(14)18/h5-6,9,11H,2-4,7-8,10H2,1H3,(H,22,25). The number of amides is 2. The van der Waals surface area contributed by atoms with Gasteiger partial charge < -0.3 is 10.2 Å². The molecule has 1 N–H and O–H groups in total. The molecule has 0 aromatic heterocycles. The van der Waals surface area contributed by atoms with E-state index in [9.17, 15) is 22.8 Å². The van der Waals surface area contributed by atoms with Crippen LogP contribution < -0.4 is 5.32 Å². The maximum absolute atomic E-state index is 12.8. The lowest BCUT2D eigenvalue weighted by Gasteiger charge is -2.17. The van der Waals surface area contributed by atoms with Crippen LogP contribution in [0.5, 0.6) is 0 Å². The highest BCUT2D eigenvalue weighted by Crippen LogP contribution is 2.34. The molecule has 2 rings (SSSR count). The molecule has 1 aliphatic rings. The fourth-order valence-corrected chi connectivity index (χ4v) is 2.91. The van der Waals surface area contributed by atoms with E-state index in [1.807, 2.05) is 0 Å². The summed E-state index contributed by atoms with van der Waals surface area (Å²) < 4.78 is 38.3. The van der Waals surface area contributed by atoms with Crippen molar-refractivity contribution in [3.8, 4) is 0 Å². The van der Waals surface area contributed by atoms with E-state index in [1.165, 1.54) is 0 Å². The lowest BCUT2D eigenvalue weighted by molar-refractivity contribution is -0.137. The predicted molar refractivity (Wildman–Crippen MR) is 89.3 cm³/mol. The maximum Gasteiger partial charge on any atom is 0.416 e. The molecule has 1 unspecified atom stereocenters. The fraction of sp³-hybridized carbons (Fsp3) is 0.529. The number of anilines is 1. The quantitative estimate of drug-likeness (QED) is 0.751. The van der Waals surface area contributed by atoms with Crippen molar-refractivity contribution in [2.24, 2.45) is 5.92 Å². The molecule has 1 aliphatic heterocycles. The highest BCUT2D eigenvalue weighted by Gasteiger charge is 2.35. The molecule has 0 saturated carbocycles. The first-order valence-electron chi connectivity index (χ1n) is 8.17. The number of halogens is 4. The monoisotopic (exact) mass is 376 g/mol. The number of hydrogen-bond donors (Lipinski definition) is 1. The third-order valence-corrected chi connectivity index (χ3v) is 4.50. The molecule has 1 aromatic rings. The number of benzene rings is 1. The maximum atomic E-state index is 12.8. The Hall–Kier alpha value is -1.76. The number of carbonyl (C=O) groups is 2. The summed E-state index contributed by atoms with van der Waals surface area (Å²) in [6.07, 6.45) is -1.56. The summed E-state index contributed by atoms with van der Waals surface area (Å²) >= 11 is 5.88. The summed E-state index contributed by atoms with van der Waals surface area (Å²) in [6.45, 7) is 2.94. The summed E-state index contributed by atoms with van der Waals surface area (Å²) in [5.41, 5.74) is -0.991. The average molecular weight is 377 g/mol. The highest BCUT2D eigenvalue weighted by atomic mass is 35.5. The van der Waals surface area contributed by atoms with Crippen LogP contribution in [0.15, 0.2) is 18.2 Å². The van der Waals surface area contributed by atoms with E-state index in [2.05, 4.69) is 12.2 Å². The minimum atomic E-state index is -4.52. The van der Waals surface area contributed by atoms with Crippen molar-refractivity contribution >= 4 is 29.1 Å². The van der Waals surface area contributed by atoms with Crippen LogP contribution in [0.2, 0.25) is 5.02 Å². The molecule has 25 heavy (non-hydrogen) atoms. The molecule has 138 valence electrons. The van der Waals surface area contributed by atoms with Crippen LogP contribution in [-0.4, -0.2) is 29.8 Å². The average Bonchev–Trinajstić information content (AvgIpc) is 2.90. The molecule has 0 aliphatic carbocycles. The SMILES string of the molecule is CCCCCN1CC(C(=O)Nc2cc(C(F)(F)F)ccc2Cl)CC1=O. The molecule has 0 radical (unpaired) electrons. The van der Waals surface area contributed by atoms with Crippen LogP contribution in [0, 0.1) is 5.92 Å². The predicted octanol–water partition coefficient (Wildman–Crippen LogP) is 4.34. The van der Waals surface area contributed by atoms with Gasteiger partial charge in [0.05, 0.1) is 22.2 Å². The minimum absolute atomic E-state index is 0.0190. The first-order valence-corrected chi connectivity index (χ1v) is 8.55. The number of nitrogens with zero attached hydrogens (tertiary/aromatic N) is 1. The van der Waals surface area contributed by atoms with Crippen LogP contribution in [-0.2, 0) is 15.8 Å². The Morgan fingerprint density at radius 2 is 2.08 bits per heavy atom. The van der Waals surface area contributed by atoms with E-state index in [0.29, 0.717) is 6.54 Å². The van der Waals surface area contributed by atoms with E-state index < -0.39 is 23.6 Å². The summed E-state index contributed by atoms with van der Waals surface area (Å²) in [5, 5.41) is 2.44. The van der Waals surface area contributed by atoms with Crippen LogP contribution in [0.1, 0.15) is 38.2 Å². The number of alkyl halides is 3. The van der Waals surface area contributed by atoms with Crippen molar-refractivity contribution in [2.45, 2.75) is 38.8 Å². The minimum Gasteiger partial charge on any atom is -0.342 e. The molecular formula is C17H20ClF3N2O2.